The molecule has 0 spiro atoms. The molecule has 3 aromatic carbocycles. The molecule has 0 N–H and O–H groups in total. The Morgan fingerprint density at radius 3 is 2.07 bits per heavy atom. The van der Waals surface area contributed by atoms with Gasteiger partial charge in [0, 0.05) is 19.2 Å². The zero-order valence-corrected chi connectivity index (χ0v) is 26.0. The molecular weight excluding hydrogens is 623 g/mol. The molecule has 1 amide bonds. The third-order valence-electron chi connectivity index (χ3n) is 6.41. The van der Waals surface area contributed by atoms with Crippen molar-refractivity contribution in [2.75, 3.05) is 45.4 Å². The molecule has 0 unspecified atom stereocenters. The molecule has 11 nitrogen and oxygen atoms in total. The number of halogens is 2. The van der Waals surface area contributed by atoms with E-state index < -0.39 is 28.6 Å². The molecule has 0 bridgehead atoms. The fourth-order valence-electron chi connectivity index (χ4n) is 4.30. The van der Waals surface area contributed by atoms with Gasteiger partial charge in [0.2, 0.25) is 10.0 Å². The van der Waals surface area contributed by atoms with Crippen LogP contribution in [0.5, 0.6) is 28.7 Å². The van der Waals surface area contributed by atoms with Gasteiger partial charge in [0.1, 0.15) is 34.4 Å². The van der Waals surface area contributed by atoms with E-state index in [0.29, 0.717) is 18.8 Å². The van der Waals surface area contributed by atoms with Crippen molar-refractivity contribution in [2.45, 2.75) is 24.7 Å². The summed E-state index contributed by atoms with van der Waals surface area (Å²) in [7, 11) is -0.948. The van der Waals surface area contributed by atoms with Gasteiger partial charge in [-0.2, -0.15) is 4.31 Å². The summed E-state index contributed by atoms with van der Waals surface area (Å²) in [5.74, 6) is 0.383. The molecule has 1 aliphatic rings. The summed E-state index contributed by atoms with van der Waals surface area (Å²) < 4.78 is 54.8. The molecule has 1 heterocycles. The summed E-state index contributed by atoms with van der Waals surface area (Å²) in [5.41, 5.74) is 0.126. The molecule has 230 valence electrons. The maximum absolute atomic E-state index is 13.3. The molecule has 0 aliphatic carbocycles. The van der Waals surface area contributed by atoms with Gasteiger partial charge in [0.15, 0.2) is 5.75 Å². The van der Waals surface area contributed by atoms with Gasteiger partial charge in [-0.1, -0.05) is 23.2 Å². The maximum atomic E-state index is 13.3. The van der Waals surface area contributed by atoms with Crippen LogP contribution in [0.4, 0.5) is 10.5 Å². The first-order chi connectivity index (χ1) is 20.6. The number of hydrogen-bond donors (Lipinski definition) is 0. The van der Waals surface area contributed by atoms with Crippen molar-refractivity contribution < 1.29 is 41.7 Å². The summed E-state index contributed by atoms with van der Waals surface area (Å²) >= 11 is 13.1. The van der Waals surface area contributed by atoms with E-state index in [2.05, 4.69) is 0 Å². The minimum Gasteiger partial charge on any atom is -0.497 e. The summed E-state index contributed by atoms with van der Waals surface area (Å²) in [4.78, 5) is 26.5. The first kappa shape index (κ1) is 32.2. The number of anilines is 1. The van der Waals surface area contributed by atoms with E-state index in [4.69, 9.17) is 46.9 Å². The Kier molecular flexibility index (Phi) is 10.6. The van der Waals surface area contributed by atoms with Crippen LogP contribution in [0.3, 0.4) is 0 Å². The predicted octanol–water partition coefficient (Wildman–Crippen LogP) is 6.16. The zero-order chi connectivity index (χ0) is 31.1. The predicted molar refractivity (Wildman–Crippen MR) is 161 cm³/mol. The molecule has 43 heavy (non-hydrogen) atoms. The number of carbonyl (C=O) groups excluding carboxylic acids is 2. The summed E-state index contributed by atoms with van der Waals surface area (Å²) in [6, 6.07) is 13.3. The van der Waals surface area contributed by atoms with E-state index in [-0.39, 0.29) is 50.2 Å². The molecular formula is C29H30Cl2N2O9S. The lowest BCUT2D eigenvalue weighted by Crippen LogP contribution is -2.38. The Bertz CT molecular complexity index is 1550. The highest BCUT2D eigenvalue weighted by molar-refractivity contribution is 7.89. The molecule has 0 aromatic heterocycles. The molecule has 3 aromatic rings. The van der Waals surface area contributed by atoms with Crippen LogP contribution in [0.15, 0.2) is 59.5 Å². The van der Waals surface area contributed by atoms with Gasteiger partial charge < -0.3 is 23.7 Å². The van der Waals surface area contributed by atoms with Crippen LogP contribution >= 0.6 is 23.2 Å². The quantitative estimate of drug-likeness (QED) is 0.224. The minimum atomic E-state index is -3.84. The van der Waals surface area contributed by atoms with Crippen LogP contribution in [0.1, 0.15) is 19.8 Å². The Hall–Kier alpha value is -3.71. The van der Waals surface area contributed by atoms with Crippen LogP contribution in [-0.2, 0) is 19.6 Å². The number of amides is 1. The third kappa shape index (κ3) is 7.63. The van der Waals surface area contributed by atoms with Crippen LogP contribution in [-0.4, -0.2) is 65.2 Å². The molecule has 0 saturated carbocycles. The Labute approximate surface area is 259 Å². The second-order valence-corrected chi connectivity index (χ2v) is 11.9. The van der Waals surface area contributed by atoms with E-state index in [1.165, 1.54) is 61.0 Å². The van der Waals surface area contributed by atoms with Crippen molar-refractivity contribution in [2.24, 2.45) is 0 Å². The molecule has 0 atom stereocenters. The summed E-state index contributed by atoms with van der Waals surface area (Å²) in [6.07, 6.45) is 0.651. The maximum Gasteiger partial charge on any atom is 0.420 e. The van der Waals surface area contributed by atoms with Crippen LogP contribution in [0.25, 0.3) is 0 Å². The topological polar surface area (TPSA) is 121 Å². The average Bonchev–Trinajstić information content (AvgIpc) is 3.54. The van der Waals surface area contributed by atoms with E-state index in [0.717, 1.165) is 17.7 Å². The monoisotopic (exact) mass is 652 g/mol. The van der Waals surface area contributed by atoms with Crippen molar-refractivity contribution in [1.82, 2.24) is 4.31 Å². The smallest absolute Gasteiger partial charge is 0.420 e. The number of methoxy groups -OCH3 is 2. The lowest BCUT2D eigenvalue weighted by Gasteiger charge is -2.23. The van der Waals surface area contributed by atoms with Gasteiger partial charge in [0.25, 0.3) is 0 Å². The molecule has 14 heteroatoms. The first-order valence-electron chi connectivity index (χ1n) is 13.2. The molecule has 1 fully saturated rings. The summed E-state index contributed by atoms with van der Waals surface area (Å²) in [6.45, 7) is 2.08. The highest BCUT2D eigenvalue weighted by Crippen LogP contribution is 2.41. The normalized spacial score (nSPS) is 13.3. The standard InChI is InChI=1S/C29H30Cl2N2O9S/c1-4-40-27(34)18-33(29(35)42-21-9-7-20(38-2)8-10-21)19-15-23(30)28(24(31)16-19)41-22-11-12-25(39-3)26(17-22)43(36,37)32-13-5-6-14-32/h7-12,15-17H,4-6,13-14,18H2,1-3H3. The second-order valence-electron chi connectivity index (χ2n) is 9.20. The van der Waals surface area contributed by atoms with Gasteiger partial charge >= 0.3 is 12.1 Å². The van der Waals surface area contributed by atoms with Gasteiger partial charge in [0.05, 0.1) is 36.6 Å². The van der Waals surface area contributed by atoms with Crippen molar-refractivity contribution in [3.05, 3.63) is 64.6 Å². The number of hydrogen-bond acceptors (Lipinski definition) is 9. The second kappa shape index (κ2) is 14.2. The van der Waals surface area contributed by atoms with Gasteiger partial charge in [-0.3, -0.25) is 9.69 Å². The minimum absolute atomic E-state index is 0.00128. The zero-order valence-electron chi connectivity index (χ0n) is 23.7. The number of ether oxygens (including phenoxy) is 5. The number of carbonyl (C=O) groups is 2. The van der Waals surface area contributed by atoms with Crippen molar-refractivity contribution in [1.29, 1.82) is 0 Å². The average molecular weight is 654 g/mol. The lowest BCUT2D eigenvalue weighted by molar-refractivity contribution is -0.141. The number of rotatable bonds is 11. The van der Waals surface area contributed by atoms with Crippen molar-refractivity contribution >= 4 is 51.0 Å². The highest BCUT2D eigenvalue weighted by atomic mass is 35.5. The Balaban J connectivity index is 1.63. The van der Waals surface area contributed by atoms with Gasteiger partial charge in [-0.25, -0.2) is 13.2 Å². The lowest BCUT2D eigenvalue weighted by atomic mass is 10.2. The van der Waals surface area contributed by atoms with Gasteiger partial charge in [-0.05, 0) is 68.3 Å². The van der Waals surface area contributed by atoms with E-state index in [9.17, 15) is 18.0 Å². The van der Waals surface area contributed by atoms with E-state index in [1.54, 1.807) is 19.1 Å². The van der Waals surface area contributed by atoms with Crippen molar-refractivity contribution in [3.8, 4) is 28.7 Å². The number of sulfonamides is 1. The van der Waals surface area contributed by atoms with Crippen LogP contribution in [0.2, 0.25) is 10.0 Å². The Morgan fingerprint density at radius 1 is 0.884 bits per heavy atom. The van der Waals surface area contributed by atoms with Gasteiger partial charge in [-0.15, -0.1) is 0 Å². The van der Waals surface area contributed by atoms with E-state index >= 15 is 0 Å². The van der Waals surface area contributed by atoms with E-state index in [1.807, 2.05) is 0 Å². The molecule has 1 saturated heterocycles. The molecule has 0 radical (unpaired) electrons. The third-order valence-corrected chi connectivity index (χ3v) is 8.89. The van der Waals surface area contributed by atoms with Crippen molar-refractivity contribution in [3.63, 3.8) is 0 Å². The summed E-state index contributed by atoms with van der Waals surface area (Å²) in [5, 5.41) is -0.0400. The SMILES string of the molecule is CCOC(=O)CN(C(=O)Oc1ccc(OC)cc1)c1cc(Cl)c(Oc2ccc(OC)c(S(=O)(=O)N3CCCC3)c2)c(Cl)c1. The first-order valence-corrected chi connectivity index (χ1v) is 15.4. The largest absolute Gasteiger partial charge is 0.497 e. The number of benzene rings is 3. The molecule has 4 rings (SSSR count). The fourth-order valence-corrected chi connectivity index (χ4v) is 6.54. The Morgan fingerprint density at radius 2 is 1.49 bits per heavy atom. The van der Waals surface area contributed by atoms with Crippen LogP contribution < -0.4 is 23.8 Å². The molecule has 1 aliphatic heterocycles. The van der Waals surface area contributed by atoms with Crippen LogP contribution in [0, 0.1) is 0 Å². The number of esters is 1. The highest BCUT2D eigenvalue weighted by Gasteiger charge is 2.31. The number of nitrogens with zero attached hydrogens (tertiary/aromatic N) is 2. The fraction of sp³-hybridized carbons (Fsp3) is 0.310.